The maximum Gasteiger partial charge on any atom is 0.190 e. The topological polar surface area (TPSA) is 64.6 Å². The Labute approximate surface area is 187 Å². The molecule has 0 amide bonds. The fourth-order valence-corrected chi connectivity index (χ4v) is 5.11. The lowest BCUT2D eigenvalue weighted by molar-refractivity contribution is -0.935. The highest BCUT2D eigenvalue weighted by molar-refractivity contribution is 5.00. The van der Waals surface area contributed by atoms with E-state index in [1.807, 2.05) is 27.7 Å². The minimum atomic E-state index is -0.699. The Morgan fingerprint density at radius 3 is 2.23 bits per heavy atom. The second kappa shape index (κ2) is 9.14. The lowest BCUT2D eigenvalue weighted by Crippen LogP contribution is -2.58. The fraction of sp³-hybridized carbons (Fsp3) is 1.00. The average molecular weight is 445 g/mol. The average Bonchev–Trinajstić information content (AvgIpc) is 3.18. The molecule has 0 unspecified atom stereocenters. The van der Waals surface area contributed by atoms with Crippen LogP contribution in [-0.4, -0.2) is 99.4 Å². The molecule has 5 atom stereocenters. The van der Waals surface area contributed by atoms with Crippen molar-refractivity contribution >= 4 is 0 Å². The molecule has 180 valence electrons. The van der Waals surface area contributed by atoms with E-state index in [1.54, 1.807) is 0 Å². The summed E-state index contributed by atoms with van der Waals surface area (Å²) in [5, 5.41) is 0. The van der Waals surface area contributed by atoms with Crippen molar-refractivity contribution in [3.05, 3.63) is 0 Å². The molecule has 0 bridgehead atoms. The van der Waals surface area contributed by atoms with Crippen molar-refractivity contribution in [2.75, 3.05) is 52.6 Å². The lowest BCUT2D eigenvalue weighted by Gasteiger charge is -2.42. The van der Waals surface area contributed by atoms with Crippen LogP contribution in [0, 0.1) is 5.92 Å². The van der Waals surface area contributed by atoms with E-state index in [4.69, 9.17) is 33.2 Å². The summed E-state index contributed by atoms with van der Waals surface area (Å²) in [7, 11) is 0. The van der Waals surface area contributed by atoms with E-state index >= 15 is 0 Å². The van der Waals surface area contributed by atoms with Gasteiger partial charge in [0.05, 0.1) is 33.0 Å². The molecule has 0 spiro atoms. The van der Waals surface area contributed by atoms with Gasteiger partial charge in [-0.25, -0.2) is 0 Å². The van der Waals surface area contributed by atoms with Gasteiger partial charge in [-0.1, -0.05) is 13.8 Å². The molecule has 0 aliphatic carbocycles. The van der Waals surface area contributed by atoms with Crippen LogP contribution in [0.25, 0.3) is 0 Å². The van der Waals surface area contributed by atoms with Crippen molar-refractivity contribution in [1.29, 1.82) is 0 Å². The predicted octanol–water partition coefficient (Wildman–Crippen LogP) is 2.29. The van der Waals surface area contributed by atoms with Crippen LogP contribution in [0.1, 0.15) is 48.0 Å². The summed E-state index contributed by atoms with van der Waals surface area (Å²) < 4.78 is 43.5. The number of quaternary nitrogens is 1. The molecule has 0 N–H and O–H groups in total. The second-order valence-corrected chi connectivity index (χ2v) is 10.8. The van der Waals surface area contributed by atoms with Gasteiger partial charge in [0.15, 0.2) is 17.9 Å². The first-order valence-electron chi connectivity index (χ1n) is 12.0. The van der Waals surface area contributed by atoms with Crippen LogP contribution in [0.2, 0.25) is 0 Å². The van der Waals surface area contributed by atoms with Gasteiger partial charge >= 0.3 is 0 Å². The minimum absolute atomic E-state index is 0.229. The third kappa shape index (κ3) is 5.61. The minimum Gasteiger partial charge on any atom is -0.373 e. The van der Waals surface area contributed by atoms with Crippen LogP contribution in [0.15, 0.2) is 0 Å². The summed E-state index contributed by atoms with van der Waals surface area (Å²) in [6, 6.07) is 0. The van der Waals surface area contributed by atoms with Crippen molar-refractivity contribution in [2.24, 2.45) is 5.92 Å². The first kappa shape index (κ1) is 23.8. The molecule has 0 saturated carbocycles. The highest BCUT2D eigenvalue weighted by Gasteiger charge is 2.60. The summed E-state index contributed by atoms with van der Waals surface area (Å²) in [6.07, 6.45) is -0.248. The highest BCUT2D eigenvalue weighted by atomic mass is 16.9. The third-order valence-electron chi connectivity index (χ3n) is 6.84. The van der Waals surface area contributed by atoms with Gasteiger partial charge in [-0.15, -0.1) is 0 Å². The summed E-state index contributed by atoms with van der Waals surface area (Å²) in [4.78, 5) is 0. The molecular weight excluding hydrogens is 402 g/mol. The van der Waals surface area contributed by atoms with E-state index in [2.05, 4.69) is 13.8 Å². The Kier molecular flexibility index (Phi) is 7.03. The van der Waals surface area contributed by atoms with E-state index in [0.29, 0.717) is 19.1 Å². The molecule has 31 heavy (non-hydrogen) atoms. The Bertz CT molecular complexity index is 605. The lowest BCUT2D eigenvalue weighted by atomic mass is 9.99. The van der Waals surface area contributed by atoms with Gasteiger partial charge in [-0.2, -0.15) is 0 Å². The zero-order valence-corrected chi connectivity index (χ0v) is 20.1. The molecule has 4 aliphatic rings. The van der Waals surface area contributed by atoms with E-state index < -0.39 is 17.9 Å². The molecule has 4 heterocycles. The van der Waals surface area contributed by atoms with Crippen LogP contribution >= 0.6 is 0 Å². The monoisotopic (exact) mass is 444 g/mol. The predicted molar refractivity (Wildman–Crippen MR) is 113 cm³/mol. The van der Waals surface area contributed by atoms with Crippen LogP contribution < -0.4 is 0 Å². The summed E-state index contributed by atoms with van der Waals surface area (Å²) in [5.74, 6) is -0.670. The molecule has 4 saturated heterocycles. The van der Waals surface area contributed by atoms with Crippen molar-refractivity contribution < 1.29 is 37.6 Å². The van der Waals surface area contributed by atoms with Gasteiger partial charge < -0.3 is 37.6 Å². The standard InChI is InChI=1S/C23H42NO7/c1-16(2)7-8-24(9-12-25-13-10-24)11-14-26-15-17-18-19(29-22(3,4)28-18)20-21(27-17)31-23(5,6)30-20/h16-21H,7-15H2,1-6H3/q+1/t17-,18+,19+,20-,21-/m1/s1. The van der Waals surface area contributed by atoms with Gasteiger partial charge in [-0.3, -0.25) is 0 Å². The van der Waals surface area contributed by atoms with Gasteiger partial charge in [0.1, 0.15) is 44.1 Å². The quantitative estimate of drug-likeness (QED) is 0.420. The van der Waals surface area contributed by atoms with Gasteiger partial charge in [-0.05, 0) is 40.0 Å². The molecule has 8 heteroatoms. The van der Waals surface area contributed by atoms with Gasteiger partial charge in [0.2, 0.25) is 0 Å². The zero-order chi connectivity index (χ0) is 22.3. The normalized spacial score (nSPS) is 38.2. The van der Waals surface area contributed by atoms with Crippen molar-refractivity contribution in [1.82, 2.24) is 0 Å². The first-order valence-corrected chi connectivity index (χ1v) is 12.0. The van der Waals surface area contributed by atoms with Crippen molar-refractivity contribution in [3.8, 4) is 0 Å². The number of ether oxygens (including phenoxy) is 7. The summed E-state index contributed by atoms with van der Waals surface area (Å²) >= 11 is 0. The third-order valence-corrected chi connectivity index (χ3v) is 6.84. The number of rotatable bonds is 8. The Morgan fingerprint density at radius 1 is 0.871 bits per heavy atom. The molecule has 0 aromatic rings. The number of hydrogen-bond acceptors (Lipinski definition) is 7. The largest absolute Gasteiger partial charge is 0.373 e. The summed E-state index contributed by atoms with van der Waals surface area (Å²) in [6.45, 7) is 19.4. The van der Waals surface area contributed by atoms with E-state index in [1.165, 1.54) is 13.0 Å². The highest BCUT2D eigenvalue weighted by Crippen LogP contribution is 2.44. The Balaban J connectivity index is 1.33. The molecule has 0 aromatic heterocycles. The number of morpholine rings is 1. The molecule has 8 nitrogen and oxygen atoms in total. The summed E-state index contributed by atoms with van der Waals surface area (Å²) in [5.41, 5.74) is 0. The van der Waals surface area contributed by atoms with Crippen LogP contribution in [0.4, 0.5) is 0 Å². The van der Waals surface area contributed by atoms with Gasteiger partial charge in [0.25, 0.3) is 0 Å². The molecular formula is C23H42NO7+. The van der Waals surface area contributed by atoms with E-state index in [0.717, 1.165) is 37.3 Å². The maximum atomic E-state index is 6.25. The van der Waals surface area contributed by atoms with Crippen LogP contribution in [0.3, 0.4) is 0 Å². The van der Waals surface area contributed by atoms with Crippen molar-refractivity contribution in [2.45, 2.75) is 90.2 Å². The van der Waals surface area contributed by atoms with Crippen molar-refractivity contribution in [3.63, 3.8) is 0 Å². The van der Waals surface area contributed by atoms with Gasteiger partial charge in [0, 0.05) is 0 Å². The maximum absolute atomic E-state index is 6.25. The Hall–Kier alpha value is -0.320. The zero-order valence-electron chi connectivity index (χ0n) is 20.1. The first-order chi connectivity index (χ1) is 14.6. The molecule has 4 fully saturated rings. The SMILES string of the molecule is CC(C)CC[N+]1(CCOC[C@H]2O[C@@H]3OC(C)(C)O[C@@H]3[C@H]3OC(C)(C)O[C@H]32)CCOCC1. The van der Waals surface area contributed by atoms with E-state index in [9.17, 15) is 0 Å². The second-order valence-electron chi connectivity index (χ2n) is 10.8. The number of nitrogens with zero attached hydrogens (tertiary/aromatic N) is 1. The fourth-order valence-electron chi connectivity index (χ4n) is 5.11. The smallest absolute Gasteiger partial charge is 0.190 e. The molecule has 0 aromatic carbocycles. The number of fused-ring (bicyclic) bond motifs is 3. The molecule has 4 rings (SSSR count). The van der Waals surface area contributed by atoms with Crippen LogP contribution in [0.5, 0.6) is 0 Å². The number of hydrogen-bond donors (Lipinski definition) is 0. The van der Waals surface area contributed by atoms with E-state index in [-0.39, 0.29) is 24.4 Å². The molecule has 0 radical (unpaired) electrons. The van der Waals surface area contributed by atoms with Crippen LogP contribution in [-0.2, 0) is 33.2 Å². The molecule has 4 aliphatic heterocycles. The Morgan fingerprint density at radius 2 is 1.52 bits per heavy atom.